The van der Waals surface area contributed by atoms with Crippen molar-refractivity contribution in [1.82, 2.24) is 0 Å². The summed E-state index contributed by atoms with van der Waals surface area (Å²) in [6, 6.07) is 0. The molecule has 0 heterocycles. The number of hydrogen-bond donors (Lipinski definition) is 1. The van der Waals surface area contributed by atoms with Gasteiger partial charge in [0.25, 0.3) is 0 Å². The van der Waals surface area contributed by atoms with E-state index in [1.54, 1.807) is 20.8 Å². The number of rotatable bonds is 1. The molecule has 0 saturated heterocycles. The van der Waals surface area contributed by atoms with E-state index in [0.29, 0.717) is 0 Å². The molecular formula is C5H12BrO3S-. The highest BCUT2D eigenvalue weighted by atomic mass is 79.9. The minimum Gasteiger partial charge on any atom is -0.771 e. The van der Waals surface area contributed by atoms with Gasteiger partial charge in [-0.25, -0.2) is 0 Å². The van der Waals surface area contributed by atoms with Crippen LogP contribution in [0.3, 0.4) is 0 Å². The van der Waals surface area contributed by atoms with E-state index in [1.807, 2.05) is 0 Å². The van der Waals surface area contributed by atoms with Gasteiger partial charge in [-0.3, -0.25) is 4.21 Å². The van der Waals surface area contributed by atoms with Gasteiger partial charge in [-0.1, -0.05) is 15.9 Å². The minimum atomic E-state index is -2.02. The third-order valence-corrected chi connectivity index (χ3v) is 1.98. The molecule has 0 aliphatic heterocycles. The molecule has 0 amide bonds. The largest absolute Gasteiger partial charge is 0.771 e. The monoisotopic (exact) mass is 231 g/mol. The third-order valence-electron chi connectivity index (χ3n) is 0.396. The number of alkyl halides is 1. The molecule has 0 radical (unpaired) electrons. The van der Waals surface area contributed by atoms with Crippen molar-refractivity contribution in [3.63, 3.8) is 0 Å². The van der Waals surface area contributed by atoms with Gasteiger partial charge in [-0.05, 0) is 31.9 Å². The van der Waals surface area contributed by atoms with Crippen LogP contribution < -0.4 is 0 Å². The molecule has 10 heavy (non-hydrogen) atoms. The fourth-order valence-corrected chi connectivity index (χ4v) is 0. The average molecular weight is 232 g/mol. The molecule has 0 aromatic heterocycles. The first kappa shape index (κ1) is 13.2. The Labute approximate surface area is 72.2 Å². The Morgan fingerprint density at radius 3 is 1.80 bits per heavy atom. The second-order valence-corrected chi connectivity index (χ2v) is 5.91. The first-order chi connectivity index (χ1) is 4.36. The lowest BCUT2D eigenvalue weighted by atomic mass is 10.6. The van der Waals surface area contributed by atoms with Gasteiger partial charge in [0, 0.05) is 6.61 Å². The lowest BCUT2D eigenvalue weighted by molar-refractivity contribution is 0.318. The van der Waals surface area contributed by atoms with Crippen LogP contribution in [-0.4, -0.2) is 24.1 Å². The molecule has 0 saturated carbocycles. The second-order valence-electron chi connectivity index (χ2n) is 1.91. The lowest BCUT2D eigenvalue weighted by Gasteiger charge is -2.18. The number of hydrogen-bond acceptors (Lipinski definition) is 3. The number of halogens is 1. The predicted octanol–water partition coefficient (Wildman–Crippen LogP) is 0.995. The van der Waals surface area contributed by atoms with E-state index in [9.17, 15) is 8.76 Å². The van der Waals surface area contributed by atoms with E-state index in [0.717, 1.165) is 0 Å². The maximum Gasteiger partial charge on any atom is 0.0819 e. The van der Waals surface area contributed by atoms with Crippen molar-refractivity contribution in [1.29, 1.82) is 0 Å². The summed E-state index contributed by atoms with van der Waals surface area (Å²) in [6.07, 6.45) is 0. The standard InChI is InChI=1S/C3H7BrO2S.C2H6O/c1-3(2,4)7(5)6;1-2-3/h1-2H3,(H,5,6);3H,2H2,1H3/p-1. The molecule has 0 bridgehead atoms. The zero-order chi connectivity index (χ0) is 8.78. The maximum absolute atomic E-state index is 9.97. The molecule has 0 rings (SSSR count). The Morgan fingerprint density at radius 2 is 1.80 bits per heavy atom. The highest BCUT2D eigenvalue weighted by Crippen LogP contribution is 2.17. The van der Waals surface area contributed by atoms with Gasteiger partial charge in [0.05, 0.1) is 3.66 Å². The van der Waals surface area contributed by atoms with E-state index < -0.39 is 14.7 Å². The van der Waals surface area contributed by atoms with Crippen LogP contribution in [0, 0.1) is 0 Å². The molecule has 0 spiro atoms. The molecule has 0 aromatic rings. The molecule has 0 aliphatic carbocycles. The Kier molecular flexibility index (Phi) is 8.26. The Balaban J connectivity index is 0. The topological polar surface area (TPSA) is 60.4 Å². The summed E-state index contributed by atoms with van der Waals surface area (Å²) in [5.41, 5.74) is 0. The summed E-state index contributed by atoms with van der Waals surface area (Å²) in [6.45, 7) is 5.06. The van der Waals surface area contributed by atoms with Crippen molar-refractivity contribution in [3.05, 3.63) is 0 Å². The molecule has 64 valence electrons. The maximum atomic E-state index is 9.97. The molecule has 0 aromatic carbocycles. The van der Waals surface area contributed by atoms with Gasteiger partial charge in [0.1, 0.15) is 0 Å². The lowest BCUT2D eigenvalue weighted by Crippen LogP contribution is -2.16. The van der Waals surface area contributed by atoms with E-state index in [-0.39, 0.29) is 6.61 Å². The van der Waals surface area contributed by atoms with E-state index in [4.69, 9.17) is 5.11 Å². The summed E-state index contributed by atoms with van der Waals surface area (Å²) in [5, 5.41) is 7.57. The molecule has 0 fully saturated rings. The molecule has 3 nitrogen and oxygen atoms in total. The molecule has 1 unspecified atom stereocenters. The summed E-state index contributed by atoms with van der Waals surface area (Å²) < 4.78 is 19.2. The van der Waals surface area contributed by atoms with Crippen LogP contribution in [0.1, 0.15) is 20.8 Å². The normalized spacial score (nSPS) is 13.4. The van der Waals surface area contributed by atoms with E-state index in [1.165, 1.54) is 0 Å². The van der Waals surface area contributed by atoms with Crippen LogP contribution in [0.4, 0.5) is 0 Å². The fraction of sp³-hybridized carbons (Fsp3) is 1.00. The van der Waals surface area contributed by atoms with Gasteiger partial charge in [-0.15, -0.1) is 0 Å². The fourth-order valence-electron chi connectivity index (χ4n) is 0. The van der Waals surface area contributed by atoms with Gasteiger partial charge < -0.3 is 9.66 Å². The SMILES string of the molecule is CC(C)(Br)S(=O)[O-].CCO. The van der Waals surface area contributed by atoms with Crippen molar-refractivity contribution in [3.8, 4) is 0 Å². The third kappa shape index (κ3) is 11.4. The van der Waals surface area contributed by atoms with Gasteiger partial charge in [-0.2, -0.15) is 0 Å². The zero-order valence-corrected chi connectivity index (χ0v) is 8.66. The molecule has 1 atom stereocenters. The molecule has 5 heteroatoms. The first-order valence-corrected chi connectivity index (χ1v) is 4.62. The Bertz CT molecular complexity index is 99.6. The van der Waals surface area contributed by atoms with Crippen LogP contribution in [0.2, 0.25) is 0 Å². The highest BCUT2D eigenvalue weighted by Gasteiger charge is 2.11. The summed E-state index contributed by atoms with van der Waals surface area (Å²) >= 11 is 0.914. The van der Waals surface area contributed by atoms with Crippen LogP contribution in [0.5, 0.6) is 0 Å². The van der Waals surface area contributed by atoms with Crippen molar-refractivity contribution in [2.45, 2.75) is 24.4 Å². The van der Waals surface area contributed by atoms with Crippen molar-refractivity contribution >= 4 is 27.0 Å². The summed E-state index contributed by atoms with van der Waals surface area (Å²) in [4.78, 5) is 0. The highest BCUT2D eigenvalue weighted by molar-refractivity contribution is 9.11. The predicted molar refractivity (Wildman–Crippen MR) is 44.7 cm³/mol. The molecule has 1 N–H and O–H groups in total. The van der Waals surface area contributed by atoms with Crippen LogP contribution in [-0.2, 0) is 11.1 Å². The van der Waals surface area contributed by atoms with E-state index >= 15 is 0 Å². The quantitative estimate of drug-likeness (QED) is 0.541. The Hall–Kier alpha value is 0.550. The van der Waals surface area contributed by atoms with Gasteiger partial charge in [0.15, 0.2) is 0 Å². The van der Waals surface area contributed by atoms with Gasteiger partial charge >= 0.3 is 0 Å². The van der Waals surface area contributed by atoms with Crippen molar-refractivity contribution in [2.24, 2.45) is 0 Å². The molecule has 0 aliphatic rings. The van der Waals surface area contributed by atoms with Crippen molar-refractivity contribution < 1.29 is 13.9 Å². The van der Waals surface area contributed by atoms with Gasteiger partial charge in [0.2, 0.25) is 0 Å². The average Bonchev–Trinajstić information content (AvgIpc) is 1.64. The van der Waals surface area contributed by atoms with Crippen LogP contribution >= 0.6 is 15.9 Å². The van der Waals surface area contributed by atoms with Crippen LogP contribution in [0.15, 0.2) is 0 Å². The zero-order valence-electron chi connectivity index (χ0n) is 6.26. The van der Waals surface area contributed by atoms with Crippen molar-refractivity contribution in [2.75, 3.05) is 6.61 Å². The minimum absolute atomic E-state index is 0.250. The summed E-state index contributed by atoms with van der Waals surface area (Å²) in [7, 11) is 0. The summed E-state index contributed by atoms with van der Waals surface area (Å²) in [5.74, 6) is 0. The number of aliphatic hydroxyl groups excluding tert-OH is 1. The molecular weight excluding hydrogens is 220 g/mol. The van der Waals surface area contributed by atoms with Crippen LogP contribution in [0.25, 0.3) is 0 Å². The smallest absolute Gasteiger partial charge is 0.0819 e. The Morgan fingerprint density at radius 1 is 1.70 bits per heavy atom. The van der Waals surface area contributed by atoms with E-state index in [2.05, 4.69) is 15.9 Å². The first-order valence-electron chi connectivity index (χ1n) is 2.75. The number of aliphatic hydroxyl groups is 1. The second kappa shape index (κ2) is 6.27.